The first-order valence-electron chi connectivity index (χ1n) is 5.97. The van der Waals surface area contributed by atoms with E-state index in [-0.39, 0.29) is 5.75 Å². The molecule has 0 atom stereocenters. The molecule has 0 spiro atoms. The van der Waals surface area contributed by atoms with Gasteiger partial charge in [-0.2, -0.15) is 0 Å². The molecule has 0 unspecified atom stereocenters. The highest BCUT2D eigenvalue weighted by atomic mass is 35.5. The molecule has 6 heteroatoms. The second-order valence-electron chi connectivity index (χ2n) is 4.52. The molecule has 0 amide bonds. The van der Waals surface area contributed by atoms with Crippen LogP contribution < -0.4 is 10.5 Å². The molecule has 0 radical (unpaired) electrons. The fraction of sp³-hybridized carbons (Fsp3) is 0.143. The zero-order chi connectivity index (χ0) is 14.8. The van der Waals surface area contributed by atoms with E-state index in [4.69, 9.17) is 17.3 Å². The van der Waals surface area contributed by atoms with Crippen LogP contribution in [0, 0.1) is 6.92 Å². The van der Waals surface area contributed by atoms with Crippen molar-refractivity contribution in [1.29, 1.82) is 0 Å². The SMILES string of the molecule is Cc1c(Cl)cccc1NS(=O)(=O)Cc1cccc(N)c1. The van der Waals surface area contributed by atoms with Crippen molar-refractivity contribution in [2.75, 3.05) is 10.5 Å². The fourth-order valence-electron chi connectivity index (χ4n) is 1.82. The Kier molecular flexibility index (Phi) is 4.20. The maximum Gasteiger partial charge on any atom is 0.236 e. The molecular formula is C14H15ClN2O2S. The summed E-state index contributed by atoms with van der Waals surface area (Å²) in [6, 6.07) is 11.9. The standard InChI is InChI=1S/C14H15ClN2O2S/c1-10-13(15)6-3-7-14(10)17-20(18,19)9-11-4-2-5-12(16)8-11/h2-8,17H,9,16H2,1H3. The summed E-state index contributed by atoms with van der Waals surface area (Å²) in [7, 11) is -3.51. The van der Waals surface area contributed by atoms with Crippen LogP contribution >= 0.6 is 11.6 Å². The molecule has 4 nitrogen and oxygen atoms in total. The van der Waals surface area contributed by atoms with E-state index in [2.05, 4.69) is 4.72 Å². The van der Waals surface area contributed by atoms with E-state index in [9.17, 15) is 8.42 Å². The van der Waals surface area contributed by atoms with E-state index in [1.54, 1.807) is 49.4 Å². The van der Waals surface area contributed by atoms with Gasteiger partial charge in [-0.15, -0.1) is 0 Å². The van der Waals surface area contributed by atoms with Crippen molar-refractivity contribution in [3.63, 3.8) is 0 Å². The average Bonchev–Trinajstić information content (AvgIpc) is 2.34. The lowest BCUT2D eigenvalue weighted by Crippen LogP contribution is -2.16. The smallest absolute Gasteiger partial charge is 0.236 e. The van der Waals surface area contributed by atoms with E-state index in [0.717, 1.165) is 0 Å². The summed E-state index contributed by atoms with van der Waals surface area (Å²) in [4.78, 5) is 0. The Bertz CT molecular complexity index is 730. The Morgan fingerprint density at radius 2 is 1.90 bits per heavy atom. The van der Waals surface area contributed by atoms with Gasteiger partial charge < -0.3 is 5.73 Å². The van der Waals surface area contributed by atoms with E-state index >= 15 is 0 Å². The van der Waals surface area contributed by atoms with Crippen LogP contribution in [0.25, 0.3) is 0 Å². The minimum absolute atomic E-state index is 0.135. The first kappa shape index (κ1) is 14.7. The van der Waals surface area contributed by atoms with Crippen LogP contribution in [-0.4, -0.2) is 8.42 Å². The lowest BCUT2D eigenvalue weighted by molar-refractivity contribution is 0.600. The molecule has 0 aliphatic rings. The molecule has 0 saturated heterocycles. The quantitative estimate of drug-likeness (QED) is 0.852. The Morgan fingerprint density at radius 1 is 1.20 bits per heavy atom. The number of nitrogens with two attached hydrogens (primary N) is 1. The first-order valence-corrected chi connectivity index (χ1v) is 8.00. The maximum atomic E-state index is 12.1. The molecule has 0 fully saturated rings. The molecule has 0 saturated carbocycles. The highest BCUT2D eigenvalue weighted by Gasteiger charge is 2.14. The zero-order valence-electron chi connectivity index (χ0n) is 10.9. The van der Waals surface area contributed by atoms with Crippen molar-refractivity contribution in [1.82, 2.24) is 0 Å². The van der Waals surface area contributed by atoms with Gasteiger partial charge in [-0.1, -0.05) is 29.8 Å². The molecule has 0 aliphatic carbocycles. The van der Waals surface area contributed by atoms with Gasteiger partial charge in [0.05, 0.1) is 11.4 Å². The van der Waals surface area contributed by atoms with Gasteiger partial charge in [-0.05, 0) is 42.3 Å². The number of halogens is 1. The predicted molar refractivity (Wildman–Crippen MR) is 83.3 cm³/mol. The van der Waals surface area contributed by atoms with Gasteiger partial charge in [0.1, 0.15) is 0 Å². The molecular weight excluding hydrogens is 296 g/mol. The highest BCUT2D eigenvalue weighted by molar-refractivity contribution is 7.91. The number of sulfonamides is 1. The number of nitrogen functional groups attached to an aromatic ring is 1. The minimum Gasteiger partial charge on any atom is -0.399 e. The zero-order valence-corrected chi connectivity index (χ0v) is 12.5. The van der Waals surface area contributed by atoms with Gasteiger partial charge in [-0.3, -0.25) is 4.72 Å². The molecule has 0 heterocycles. The van der Waals surface area contributed by atoms with Crippen molar-refractivity contribution in [3.05, 3.63) is 58.6 Å². The monoisotopic (exact) mass is 310 g/mol. The van der Waals surface area contributed by atoms with Gasteiger partial charge in [0, 0.05) is 10.7 Å². The van der Waals surface area contributed by atoms with Crippen LogP contribution in [0.4, 0.5) is 11.4 Å². The number of anilines is 2. The number of benzene rings is 2. The summed E-state index contributed by atoms with van der Waals surface area (Å²) >= 11 is 5.97. The third-order valence-corrected chi connectivity index (χ3v) is 4.49. The van der Waals surface area contributed by atoms with E-state index in [1.165, 1.54) is 0 Å². The molecule has 106 valence electrons. The third-order valence-electron chi connectivity index (χ3n) is 2.84. The molecule has 0 aromatic heterocycles. The molecule has 0 aliphatic heterocycles. The molecule has 0 bridgehead atoms. The minimum atomic E-state index is -3.51. The topological polar surface area (TPSA) is 72.2 Å². The van der Waals surface area contributed by atoms with E-state index < -0.39 is 10.0 Å². The number of rotatable bonds is 4. The summed E-state index contributed by atoms with van der Waals surface area (Å²) in [5.74, 6) is -0.135. The van der Waals surface area contributed by atoms with Crippen molar-refractivity contribution in [2.24, 2.45) is 0 Å². The van der Waals surface area contributed by atoms with Crippen LogP contribution in [0.15, 0.2) is 42.5 Å². The van der Waals surface area contributed by atoms with Gasteiger partial charge in [0.25, 0.3) is 0 Å². The second-order valence-corrected chi connectivity index (χ2v) is 6.65. The van der Waals surface area contributed by atoms with Crippen molar-refractivity contribution < 1.29 is 8.42 Å². The van der Waals surface area contributed by atoms with Crippen molar-refractivity contribution in [3.8, 4) is 0 Å². The molecule has 2 aromatic rings. The maximum absolute atomic E-state index is 12.1. The molecule has 3 N–H and O–H groups in total. The van der Waals surface area contributed by atoms with E-state index in [1.807, 2.05) is 0 Å². The number of hydrogen-bond donors (Lipinski definition) is 2. The summed E-state index contributed by atoms with van der Waals surface area (Å²) in [5, 5.41) is 0.522. The fourth-order valence-corrected chi connectivity index (χ4v) is 3.25. The van der Waals surface area contributed by atoms with Gasteiger partial charge in [0.15, 0.2) is 0 Å². The number of hydrogen-bond acceptors (Lipinski definition) is 3. The van der Waals surface area contributed by atoms with Gasteiger partial charge >= 0.3 is 0 Å². The lowest BCUT2D eigenvalue weighted by atomic mass is 10.2. The van der Waals surface area contributed by atoms with Crippen molar-refractivity contribution in [2.45, 2.75) is 12.7 Å². The number of nitrogens with one attached hydrogen (secondary N) is 1. The van der Waals surface area contributed by atoms with Crippen LogP contribution in [0.1, 0.15) is 11.1 Å². The molecule has 2 rings (SSSR count). The molecule has 20 heavy (non-hydrogen) atoms. The first-order chi connectivity index (χ1) is 9.37. The Labute approximate surface area is 123 Å². The third kappa shape index (κ3) is 3.65. The second kappa shape index (κ2) is 5.73. The normalized spacial score (nSPS) is 11.3. The summed E-state index contributed by atoms with van der Waals surface area (Å²) in [5.41, 5.74) is 8.00. The average molecular weight is 311 g/mol. The van der Waals surface area contributed by atoms with Crippen molar-refractivity contribution >= 4 is 33.0 Å². The van der Waals surface area contributed by atoms with Crippen LogP contribution in [0.3, 0.4) is 0 Å². The Morgan fingerprint density at radius 3 is 2.60 bits per heavy atom. The van der Waals surface area contributed by atoms with Gasteiger partial charge in [0.2, 0.25) is 10.0 Å². The largest absolute Gasteiger partial charge is 0.399 e. The lowest BCUT2D eigenvalue weighted by Gasteiger charge is -2.11. The van der Waals surface area contributed by atoms with Crippen LogP contribution in [-0.2, 0) is 15.8 Å². The Hall–Kier alpha value is -1.72. The predicted octanol–water partition coefficient (Wildman–Crippen LogP) is 3.17. The summed E-state index contributed by atoms with van der Waals surface area (Å²) in [6.07, 6.45) is 0. The van der Waals surface area contributed by atoms with Gasteiger partial charge in [-0.25, -0.2) is 8.42 Å². The highest BCUT2D eigenvalue weighted by Crippen LogP contribution is 2.24. The summed E-state index contributed by atoms with van der Waals surface area (Å²) < 4.78 is 26.8. The van der Waals surface area contributed by atoms with Crippen LogP contribution in [0.2, 0.25) is 5.02 Å². The van der Waals surface area contributed by atoms with Crippen LogP contribution in [0.5, 0.6) is 0 Å². The summed E-state index contributed by atoms with van der Waals surface area (Å²) in [6.45, 7) is 1.76. The van der Waals surface area contributed by atoms with E-state index in [0.29, 0.717) is 27.5 Å². The Balaban J connectivity index is 2.21. The molecule has 2 aromatic carbocycles.